The van der Waals surface area contributed by atoms with E-state index in [0.717, 1.165) is 6.29 Å². The molecular formula is C11H10ClNO2. The first kappa shape index (κ1) is 10.2. The number of halogens is 1. The number of aldehydes is 1. The van der Waals surface area contributed by atoms with Crippen molar-refractivity contribution in [3.05, 3.63) is 41.1 Å². The van der Waals surface area contributed by atoms with Crippen molar-refractivity contribution in [3.63, 3.8) is 0 Å². The number of carbonyl (C=O) groups excluding carboxylic acids is 1. The molecule has 0 saturated heterocycles. The molecule has 1 unspecified atom stereocenters. The highest BCUT2D eigenvalue weighted by Gasteiger charge is 2.23. The van der Waals surface area contributed by atoms with Crippen LogP contribution in [-0.2, 0) is 9.63 Å². The Kier molecular flexibility index (Phi) is 2.75. The van der Waals surface area contributed by atoms with Gasteiger partial charge in [-0.15, -0.1) is 0 Å². The van der Waals surface area contributed by atoms with Gasteiger partial charge in [-0.2, -0.15) is 0 Å². The molecule has 4 heteroatoms. The van der Waals surface area contributed by atoms with E-state index in [4.69, 9.17) is 16.4 Å². The molecule has 0 amide bonds. The van der Waals surface area contributed by atoms with Crippen molar-refractivity contribution >= 4 is 23.6 Å². The van der Waals surface area contributed by atoms with Crippen LogP contribution in [0, 0.1) is 0 Å². The van der Waals surface area contributed by atoms with Crippen LogP contribution < -0.4 is 5.06 Å². The standard InChI is InChI=1S/C11H10ClNO2/c1-8-6-9(7-14)13(15-8)11-5-3-2-4-10(11)12/h2-8H,1H3. The van der Waals surface area contributed by atoms with E-state index in [1.807, 2.05) is 19.1 Å². The second kappa shape index (κ2) is 4.04. The molecule has 2 rings (SSSR count). The topological polar surface area (TPSA) is 29.5 Å². The first-order valence-corrected chi connectivity index (χ1v) is 4.98. The normalized spacial score (nSPS) is 20.3. The molecule has 0 radical (unpaired) electrons. The number of hydrogen-bond acceptors (Lipinski definition) is 3. The number of rotatable bonds is 2. The van der Waals surface area contributed by atoms with Gasteiger partial charge in [-0.1, -0.05) is 23.7 Å². The van der Waals surface area contributed by atoms with Gasteiger partial charge in [0.15, 0.2) is 6.29 Å². The van der Waals surface area contributed by atoms with E-state index in [-0.39, 0.29) is 6.10 Å². The third-order valence-corrected chi connectivity index (χ3v) is 2.42. The summed E-state index contributed by atoms with van der Waals surface area (Å²) in [7, 11) is 0. The highest BCUT2D eigenvalue weighted by Crippen LogP contribution is 2.31. The van der Waals surface area contributed by atoms with Crippen molar-refractivity contribution in [2.45, 2.75) is 13.0 Å². The number of para-hydroxylation sites is 1. The maximum Gasteiger partial charge on any atom is 0.168 e. The van der Waals surface area contributed by atoms with E-state index in [2.05, 4.69) is 0 Å². The summed E-state index contributed by atoms with van der Waals surface area (Å²) in [6.45, 7) is 1.86. The Morgan fingerprint density at radius 1 is 1.47 bits per heavy atom. The Morgan fingerprint density at radius 2 is 2.20 bits per heavy atom. The molecule has 1 aliphatic rings. The van der Waals surface area contributed by atoms with Crippen molar-refractivity contribution in [3.8, 4) is 0 Å². The molecule has 0 aliphatic carbocycles. The van der Waals surface area contributed by atoms with Gasteiger partial charge >= 0.3 is 0 Å². The van der Waals surface area contributed by atoms with Crippen LogP contribution in [0.1, 0.15) is 6.92 Å². The molecule has 1 aromatic rings. The predicted molar refractivity (Wildman–Crippen MR) is 58.6 cm³/mol. The first-order valence-electron chi connectivity index (χ1n) is 4.61. The van der Waals surface area contributed by atoms with Gasteiger partial charge in [0.05, 0.1) is 10.7 Å². The molecule has 0 aromatic heterocycles. The number of nitrogens with zero attached hydrogens (tertiary/aromatic N) is 1. The minimum Gasteiger partial charge on any atom is -0.296 e. The number of hydrogen-bond donors (Lipinski definition) is 0. The lowest BCUT2D eigenvalue weighted by atomic mass is 10.3. The molecule has 1 aromatic carbocycles. The molecule has 0 N–H and O–H groups in total. The third-order valence-electron chi connectivity index (χ3n) is 2.10. The lowest BCUT2D eigenvalue weighted by molar-refractivity contribution is -0.105. The predicted octanol–water partition coefficient (Wildman–Crippen LogP) is 2.56. The highest BCUT2D eigenvalue weighted by molar-refractivity contribution is 6.33. The molecule has 0 saturated carbocycles. The molecule has 3 nitrogen and oxygen atoms in total. The smallest absolute Gasteiger partial charge is 0.168 e. The maximum absolute atomic E-state index is 10.8. The molecule has 1 heterocycles. The summed E-state index contributed by atoms with van der Waals surface area (Å²) >= 11 is 6.01. The lowest BCUT2D eigenvalue weighted by Gasteiger charge is -2.19. The van der Waals surface area contributed by atoms with Crippen molar-refractivity contribution in [2.24, 2.45) is 0 Å². The Bertz CT molecular complexity index is 417. The summed E-state index contributed by atoms with van der Waals surface area (Å²) < 4.78 is 0. The van der Waals surface area contributed by atoms with E-state index >= 15 is 0 Å². The van der Waals surface area contributed by atoms with Crippen LogP contribution in [-0.4, -0.2) is 12.4 Å². The van der Waals surface area contributed by atoms with E-state index in [1.165, 1.54) is 5.06 Å². The Morgan fingerprint density at radius 3 is 2.87 bits per heavy atom. The zero-order valence-electron chi connectivity index (χ0n) is 8.18. The van der Waals surface area contributed by atoms with Gasteiger partial charge in [0.1, 0.15) is 11.8 Å². The lowest BCUT2D eigenvalue weighted by Crippen LogP contribution is -2.20. The van der Waals surface area contributed by atoms with E-state index in [9.17, 15) is 4.79 Å². The van der Waals surface area contributed by atoms with Crippen LogP contribution >= 0.6 is 11.6 Å². The summed E-state index contributed by atoms with van der Waals surface area (Å²) in [4.78, 5) is 16.3. The average Bonchev–Trinajstić information content (AvgIpc) is 2.60. The zero-order chi connectivity index (χ0) is 10.8. The fraction of sp³-hybridized carbons (Fsp3) is 0.182. The maximum atomic E-state index is 10.8. The van der Waals surface area contributed by atoms with Crippen molar-refractivity contribution in [2.75, 3.05) is 5.06 Å². The monoisotopic (exact) mass is 223 g/mol. The van der Waals surface area contributed by atoms with Crippen molar-refractivity contribution in [1.29, 1.82) is 0 Å². The van der Waals surface area contributed by atoms with Gasteiger partial charge in [0.25, 0.3) is 0 Å². The fourth-order valence-electron chi connectivity index (χ4n) is 1.47. The van der Waals surface area contributed by atoms with E-state index in [1.54, 1.807) is 18.2 Å². The summed E-state index contributed by atoms with van der Waals surface area (Å²) in [5, 5.41) is 2.01. The van der Waals surface area contributed by atoms with Crippen molar-refractivity contribution < 1.29 is 9.63 Å². The Labute approximate surface area is 92.9 Å². The molecule has 0 fully saturated rings. The molecule has 1 atom stereocenters. The fourth-order valence-corrected chi connectivity index (χ4v) is 1.68. The van der Waals surface area contributed by atoms with Crippen LogP contribution in [0.15, 0.2) is 36.0 Å². The van der Waals surface area contributed by atoms with Crippen LogP contribution in [0.4, 0.5) is 5.69 Å². The molecule has 15 heavy (non-hydrogen) atoms. The van der Waals surface area contributed by atoms with Gasteiger partial charge in [-0.05, 0) is 25.1 Å². The summed E-state index contributed by atoms with van der Waals surface area (Å²) in [5.41, 5.74) is 1.16. The quantitative estimate of drug-likeness (QED) is 0.722. The van der Waals surface area contributed by atoms with Gasteiger partial charge in [-0.3, -0.25) is 9.63 Å². The average molecular weight is 224 g/mol. The van der Waals surface area contributed by atoms with E-state index in [0.29, 0.717) is 16.4 Å². The Balaban J connectivity index is 2.37. The third kappa shape index (κ3) is 1.89. The molecule has 0 bridgehead atoms. The van der Waals surface area contributed by atoms with Gasteiger partial charge < -0.3 is 0 Å². The second-order valence-electron chi connectivity index (χ2n) is 3.27. The summed E-state index contributed by atoms with van der Waals surface area (Å²) in [5.74, 6) is 0. The minimum atomic E-state index is -0.110. The number of carbonyl (C=O) groups is 1. The number of anilines is 1. The van der Waals surface area contributed by atoms with Crippen LogP contribution in [0.3, 0.4) is 0 Å². The zero-order valence-corrected chi connectivity index (χ0v) is 8.94. The first-order chi connectivity index (χ1) is 7.22. The number of hydroxylamine groups is 1. The van der Waals surface area contributed by atoms with Crippen LogP contribution in [0.25, 0.3) is 0 Å². The number of benzene rings is 1. The SMILES string of the molecule is CC1C=C(C=O)N(c2ccccc2Cl)O1. The van der Waals surface area contributed by atoms with E-state index < -0.39 is 0 Å². The van der Waals surface area contributed by atoms with Gasteiger partial charge in [0, 0.05) is 0 Å². The number of allylic oxidation sites excluding steroid dienone is 1. The molecule has 78 valence electrons. The van der Waals surface area contributed by atoms with Crippen LogP contribution in [0.2, 0.25) is 5.02 Å². The van der Waals surface area contributed by atoms with Crippen LogP contribution in [0.5, 0.6) is 0 Å². The largest absolute Gasteiger partial charge is 0.296 e. The van der Waals surface area contributed by atoms with Gasteiger partial charge in [-0.25, -0.2) is 5.06 Å². The molecule has 1 aliphatic heterocycles. The minimum absolute atomic E-state index is 0.110. The van der Waals surface area contributed by atoms with Gasteiger partial charge in [0.2, 0.25) is 0 Å². The second-order valence-corrected chi connectivity index (χ2v) is 3.67. The molecular weight excluding hydrogens is 214 g/mol. The summed E-state index contributed by atoms with van der Waals surface area (Å²) in [6, 6.07) is 7.23. The van der Waals surface area contributed by atoms with Crippen molar-refractivity contribution in [1.82, 2.24) is 0 Å². The molecule has 0 spiro atoms. The summed E-state index contributed by atoms with van der Waals surface area (Å²) in [6.07, 6.45) is 2.39. The Hall–Kier alpha value is -1.32. The highest BCUT2D eigenvalue weighted by atomic mass is 35.5.